The van der Waals surface area contributed by atoms with Crippen molar-refractivity contribution >= 4 is 29.1 Å². The quantitative estimate of drug-likeness (QED) is 0.464. The van der Waals surface area contributed by atoms with E-state index in [1.807, 2.05) is 60.7 Å². The van der Waals surface area contributed by atoms with Crippen LogP contribution in [0.15, 0.2) is 84.4 Å². The molecule has 0 saturated heterocycles. The van der Waals surface area contributed by atoms with Crippen LogP contribution in [0.2, 0.25) is 0 Å². The maximum Gasteiger partial charge on any atom is 0.255 e. The van der Waals surface area contributed by atoms with Gasteiger partial charge in [0, 0.05) is 11.5 Å². The summed E-state index contributed by atoms with van der Waals surface area (Å²) in [4.78, 5) is 25.2. The largest absolute Gasteiger partial charge is 0.397 e. The number of anilines is 2. The zero-order valence-electron chi connectivity index (χ0n) is 16.7. The van der Waals surface area contributed by atoms with Crippen LogP contribution in [0.4, 0.5) is 11.4 Å². The molecule has 1 amide bonds. The van der Waals surface area contributed by atoms with Gasteiger partial charge in [-0.2, -0.15) is 0 Å². The Bertz CT molecular complexity index is 1090. The molecule has 4 heteroatoms. The molecular weight excluding hydrogens is 372 g/mol. The number of ketones is 1. The second kappa shape index (κ2) is 8.78. The number of Topliss-reactive ketones (excluding diaryl/α,β-unsaturated/α-hetero) is 1. The van der Waals surface area contributed by atoms with Crippen molar-refractivity contribution in [3.05, 3.63) is 101 Å². The van der Waals surface area contributed by atoms with E-state index in [0.29, 0.717) is 23.4 Å². The van der Waals surface area contributed by atoms with Crippen LogP contribution in [-0.2, 0) is 11.2 Å². The smallest absolute Gasteiger partial charge is 0.255 e. The summed E-state index contributed by atoms with van der Waals surface area (Å²) < 4.78 is 0. The Balaban J connectivity index is 1.39. The maximum absolute atomic E-state index is 12.8. The van der Waals surface area contributed by atoms with Gasteiger partial charge in [0.25, 0.3) is 5.91 Å². The molecule has 3 N–H and O–H groups in total. The van der Waals surface area contributed by atoms with Gasteiger partial charge in [-0.05, 0) is 66.3 Å². The van der Waals surface area contributed by atoms with Gasteiger partial charge in [-0.15, -0.1) is 0 Å². The molecule has 0 aliphatic heterocycles. The molecule has 4 rings (SSSR count). The Hall–Kier alpha value is -3.66. The van der Waals surface area contributed by atoms with Gasteiger partial charge in [0.2, 0.25) is 0 Å². The van der Waals surface area contributed by atoms with Crippen LogP contribution in [0.3, 0.4) is 0 Å². The van der Waals surface area contributed by atoms with Crippen LogP contribution in [-0.4, -0.2) is 11.7 Å². The first kappa shape index (κ1) is 19.6. The number of carbonyl (C=O) groups excluding carboxylic acids is 2. The first-order valence-electron chi connectivity index (χ1n) is 10.1. The first-order chi connectivity index (χ1) is 14.6. The van der Waals surface area contributed by atoms with Crippen molar-refractivity contribution < 1.29 is 9.59 Å². The fourth-order valence-electron chi connectivity index (χ4n) is 3.82. The number of nitrogens with one attached hydrogen (secondary N) is 1. The fraction of sp³-hybridized carbons (Fsp3) is 0.154. The number of rotatable bonds is 5. The van der Waals surface area contributed by atoms with E-state index in [2.05, 4.69) is 5.32 Å². The molecule has 150 valence electrons. The van der Waals surface area contributed by atoms with Crippen LogP contribution in [0, 0.1) is 5.92 Å². The Morgan fingerprint density at radius 1 is 0.967 bits per heavy atom. The normalized spacial score (nSPS) is 17.3. The second-order valence-corrected chi connectivity index (χ2v) is 7.62. The van der Waals surface area contributed by atoms with Gasteiger partial charge in [-0.1, -0.05) is 54.6 Å². The van der Waals surface area contributed by atoms with Crippen molar-refractivity contribution in [2.75, 3.05) is 11.1 Å². The topological polar surface area (TPSA) is 72.2 Å². The molecule has 4 nitrogen and oxygen atoms in total. The monoisotopic (exact) mass is 396 g/mol. The number of nitrogen functional groups attached to an aromatic ring is 1. The lowest BCUT2D eigenvalue weighted by molar-refractivity contribution is -0.117. The molecule has 1 aliphatic carbocycles. The van der Waals surface area contributed by atoms with Crippen LogP contribution in [0.25, 0.3) is 6.08 Å². The summed E-state index contributed by atoms with van der Waals surface area (Å²) >= 11 is 0. The number of amides is 1. The van der Waals surface area contributed by atoms with Crippen LogP contribution < -0.4 is 11.1 Å². The van der Waals surface area contributed by atoms with Crippen molar-refractivity contribution in [3.8, 4) is 0 Å². The van der Waals surface area contributed by atoms with Crippen LogP contribution >= 0.6 is 0 Å². The molecule has 1 saturated carbocycles. The van der Waals surface area contributed by atoms with E-state index in [0.717, 1.165) is 29.5 Å². The summed E-state index contributed by atoms with van der Waals surface area (Å²) in [5.41, 5.74) is 10.6. The van der Waals surface area contributed by atoms with E-state index in [4.69, 9.17) is 5.73 Å². The lowest BCUT2D eigenvalue weighted by Crippen LogP contribution is -2.14. The van der Waals surface area contributed by atoms with Crippen molar-refractivity contribution in [3.63, 3.8) is 0 Å². The zero-order valence-corrected chi connectivity index (χ0v) is 16.7. The fourth-order valence-corrected chi connectivity index (χ4v) is 3.82. The second-order valence-electron chi connectivity index (χ2n) is 7.62. The van der Waals surface area contributed by atoms with Gasteiger partial charge >= 0.3 is 0 Å². The van der Waals surface area contributed by atoms with Crippen LogP contribution in [0.5, 0.6) is 0 Å². The van der Waals surface area contributed by atoms with Gasteiger partial charge < -0.3 is 11.1 Å². The number of nitrogens with two attached hydrogens (primary N) is 1. The number of benzene rings is 3. The summed E-state index contributed by atoms with van der Waals surface area (Å²) in [7, 11) is 0. The summed E-state index contributed by atoms with van der Waals surface area (Å²) in [6.07, 6.45) is 4.38. The van der Waals surface area contributed by atoms with Gasteiger partial charge in [0.05, 0.1) is 11.4 Å². The minimum absolute atomic E-state index is 0.00348. The molecule has 0 heterocycles. The number of hydrogen-bond donors (Lipinski definition) is 2. The van der Waals surface area contributed by atoms with E-state index in [1.54, 1.807) is 24.3 Å². The minimum atomic E-state index is -0.204. The number of para-hydroxylation sites is 2. The van der Waals surface area contributed by atoms with Gasteiger partial charge in [0.1, 0.15) is 0 Å². The summed E-state index contributed by atoms with van der Waals surface area (Å²) in [5.74, 6) is 0.0356. The molecule has 0 radical (unpaired) electrons. The minimum Gasteiger partial charge on any atom is -0.397 e. The Morgan fingerprint density at radius 3 is 2.40 bits per heavy atom. The molecule has 1 aliphatic rings. The standard InChI is InChI=1S/C26H24N2O2/c27-23-8-4-5-9-24(23)28-26(30)20-12-10-19(11-13-20)17-22-15-14-21(25(22)29)16-18-6-2-1-3-7-18/h1-13,16,22H,14-15,17,27H2,(H,28,30)/b21-16+. The SMILES string of the molecule is Nc1ccccc1NC(=O)c1ccc(CC2CC/C(=C\c3ccccc3)C2=O)cc1. The highest BCUT2D eigenvalue weighted by Crippen LogP contribution is 2.31. The molecule has 30 heavy (non-hydrogen) atoms. The third kappa shape index (κ3) is 4.49. The van der Waals surface area contributed by atoms with Crippen molar-refractivity contribution in [2.24, 2.45) is 5.92 Å². The average molecular weight is 396 g/mol. The average Bonchev–Trinajstić information content (AvgIpc) is 3.10. The molecule has 0 aromatic heterocycles. The molecular formula is C26H24N2O2. The number of hydrogen-bond acceptors (Lipinski definition) is 3. The summed E-state index contributed by atoms with van der Waals surface area (Å²) in [6, 6.07) is 24.6. The molecule has 3 aromatic carbocycles. The Kier molecular flexibility index (Phi) is 5.75. The Morgan fingerprint density at radius 2 is 1.67 bits per heavy atom. The van der Waals surface area contributed by atoms with Crippen LogP contribution in [0.1, 0.15) is 34.3 Å². The number of allylic oxidation sites excluding steroid dienone is 1. The highest BCUT2D eigenvalue weighted by Gasteiger charge is 2.29. The van der Waals surface area contributed by atoms with Crippen molar-refractivity contribution in [2.45, 2.75) is 19.3 Å². The molecule has 0 bridgehead atoms. The van der Waals surface area contributed by atoms with E-state index in [9.17, 15) is 9.59 Å². The molecule has 1 atom stereocenters. The first-order valence-corrected chi connectivity index (χ1v) is 10.1. The predicted octanol–water partition coefficient (Wildman–Crippen LogP) is 5.13. The van der Waals surface area contributed by atoms with E-state index >= 15 is 0 Å². The van der Waals surface area contributed by atoms with Gasteiger partial charge in [-0.25, -0.2) is 0 Å². The van der Waals surface area contributed by atoms with Gasteiger partial charge in [-0.3, -0.25) is 9.59 Å². The van der Waals surface area contributed by atoms with E-state index < -0.39 is 0 Å². The zero-order chi connectivity index (χ0) is 20.9. The highest BCUT2D eigenvalue weighted by atomic mass is 16.1. The van der Waals surface area contributed by atoms with Gasteiger partial charge in [0.15, 0.2) is 5.78 Å². The van der Waals surface area contributed by atoms with Crippen molar-refractivity contribution in [1.82, 2.24) is 0 Å². The Labute approximate surface area is 176 Å². The third-order valence-corrected chi connectivity index (χ3v) is 5.50. The molecule has 1 unspecified atom stereocenters. The third-order valence-electron chi connectivity index (χ3n) is 5.50. The van der Waals surface area contributed by atoms with Crippen molar-refractivity contribution in [1.29, 1.82) is 0 Å². The summed E-state index contributed by atoms with van der Waals surface area (Å²) in [6.45, 7) is 0. The van der Waals surface area contributed by atoms with E-state index in [1.165, 1.54) is 0 Å². The molecule has 3 aromatic rings. The molecule has 0 spiro atoms. The lowest BCUT2D eigenvalue weighted by atomic mass is 9.95. The van der Waals surface area contributed by atoms with E-state index in [-0.39, 0.29) is 17.6 Å². The highest BCUT2D eigenvalue weighted by molar-refractivity contribution is 6.06. The lowest BCUT2D eigenvalue weighted by Gasteiger charge is -2.10. The predicted molar refractivity (Wildman–Crippen MR) is 121 cm³/mol. The maximum atomic E-state index is 12.8. The molecule has 1 fully saturated rings. The summed E-state index contributed by atoms with van der Waals surface area (Å²) in [5, 5.41) is 2.83. The number of carbonyl (C=O) groups is 2.